The second kappa shape index (κ2) is 50.7. The van der Waals surface area contributed by atoms with Crippen molar-refractivity contribution in [2.45, 2.75) is 219 Å². The Labute approximate surface area is 387 Å². The first-order chi connectivity index (χ1) is 31.0. The average Bonchev–Trinajstić information content (AvgIpc) is 3.28. The minimum absolute atomic E-state index is 0.123. The number of allylic oxidation sites excluding steroid dienone is 17. The lowest BCUT2D eigenvalue weighted by molar-refractivity contribution is -0.166. The van der Waals surface area contributed by atoms with Gasteiger partial charge in [0.25, 0.3) is 0 Å². The van der Waals surface area contributed by atoms with Gasteiger partial charge in [-0.05, 0) is 83.5 Å². The number of esters is 3. The molecule has 0 saturated carbocycles. The molecular weight excluding hydrogens is 781 g/mol. The Kier molecular flexibility index (Phi) is 47.5. The molecule has 0 aromatic carbocycles. The van der Waals surface area contributed by atoms with Gasteiger partial charge in [-0.25, -0.2) is 0 Å². The molecule has 0 amide bonds. The summed E-state index contributed by atoms with van der Waals surface area (Å²) in [5.74, 6) is -1.10. The van der Waals surface area contributed by atoms with Crippen LogP contribution in [0, 0.1) is 0 Å². The molecule has 356 valence electrons. The second-order valence-corrected chi connectivity index (χ2v) is 16.5. The Bertz CT molecular complexity index is 1330. The fourth-order valence-corrected chi connectivity index (χ4v) is 6.56. The van der Waals surface area contributed by atoms with Crippen molar-refractivity contribution >= 4 is 17.9 Å². The number of hydrogen-bond acceptors (Lipinski definition) is 6. The van der Waals surface area contributed by atoms with E-state index in [2.05, 4.69) is 118 Å². The largest absolute Gasteiger partial charge is 0.462 e. The van der Waals surface area contributed by atoms with Crippen LogP contribution in [0.1, 0.15) is 213 Å². The van der Waals surface area contributed by atoms with Crippen molar-refractivity contribution in [2.24, 2.45) is 0 Å². The van der Waals surface area contributed by atoms with Crippen LogP contribution in [0.3, 0.4) is 0 Å². The molecule has 0 aromatic heterocycles. The highest BCUT2D eigenvalue weighted by atomic mass is 16.6. The molecule has 0 N–H and O–H groups in total. The van der Waals surface area contributed by atoms with Crippen molar-refractivity contribution in [1.82, 2.24) is 0 Å². The fourth-order valence-electron chi connectivity index (χ4n) is 6.56. The molecule has 0 aliphatic rings. The summed E-state index contributed by atoms with van der Waals surface area (Å²) in [7, 11) is 0. The molecule has 0 rings (SSSR count). The summed E-state index contributed by atoms with van der Waals surface area (Å²) in [5, 5.41) is 0. The summed E-state index contributed by atoms with van der Waals surface area (Å²) in [5.41, 5.74) is 0. The summed E-state index contributed by atoms with van der Waals surface area (Å²) in [4.78, 5) is 37.8. The van der Waals surface area contributed by atoms with E-state index in [4.69, 9.17) is 14.2 Å². The maximum Gasteiger partial charge on any atom is 0.309 e. The highest BCUT2D eigenvalue weighted by Gasteiger charge is 2.19. The van der Waals surface area contributed by atoms with E-state index in [0.717, 1.165) is 103 Å². The number of rotatable bonds is 44. The minimum atomic E-state index is -0.832. The molecule has 0 bridgehead atoms. The topological polar surface area (TPSA) is 78.9 Å². The Morgan fingerprint density at radius 1 is 0.365 bits per heavy atom. The summed E-state index contributed by atoms with van der Waals surface area (Å²) in [6.07, 6.45) is 68.2. The molecule has 6 nitrogen and oxygen atoms in total. The Morgan fingerprint density at radius 2 is 0.730 bits per heavy atom. The number of carbonyl (C=O) groups excluding carboxylic acids is 3. The van der Waals surface area contributed by atoms with Gasteiger partial charge in [-0.3, -0.25) is 14.4 Å². The molecule has 0 fully saturated rings. The number of ether oxygens (including phenoxy) is 3. The first kappa shape index (κ1) is 59.1. The van der Waals surface area contributed by atoms with E-state index >= 15 is 0 Å². The first-order valence-electron chi connectivity index (χ1n) is 25.5. The summed E-state index contributed by atoms with van der Waals surface area (Å²) >= 11 is 0. The van der Waals surface area contributed by atoms with Crippen molar-refractivity contribution in [3.8, 4) is 0 Å². The minimum Gasteiger partial charge on any atom is -0.462 e. The van der Waals surface area contributed by atoms with E-state index in [9.17, 15) is 14.4 Å². The van der Waals surface area contributed by atoms with Crippen LogP contribution in [0.15, 0.2) is 109 Å². The van der Waals surface area contributed by atoms with Gasteiger partial charge in [-0.1, -0.05) is 220 Å². The summed E-state index contributed by atoms with van der Waals surface area (Å²) in [6, 6.07) is 0. The lowest BCUT2D eigenvalue weighted by Gasteiger charge is -2.18. The molecule has 6 heteroatoms. The van der Waals surface area contributed by atoms with E-state index < -0.39 is 12.1 Å². The lowest BCUT2D eigenvalue weighted by atomic mass is 10.1. The van der Waals surface area contributed by atoms with Gasteiger partial charge in [0.2, 0.25) is 0 Å². The van der Waals surface area contributed by atoms with Gasteiger partial charge in [-0.15, -0.1) is 0 Å². The fraction of sp³-hybridized carbons (Fsp3) is 0.632. The normalized spacial score (nSPS) is 13.0. The molecule has 63 heavy (non-hydrogen) atoms. The third-order valence-electron chi connectivity index (χ3n) is 10.4. The highest BCUT2D eigenvalue weighted by molar-refractivity contribution is 5.72. The van der Waals surface area contributed by atoms with Gasteiger partial charge in [0, 0.05) is 12.8 Å². The van der Waals surface area contributed by atoms with Gasteiger partial charge in [0.05, 0.1) is 6.42 Å². The van der Waals surface area contributed by atoms with Gasteiger partial charge >= 0.3 is 17.9 Å². The molecule has 1 unspecified atom stereocenters. The monoisotopic (exact) mass is 873 g/mol. The predicted octanol–water partition coefficient (Wildman–Crippen LogP) is 16.8. The summed E-state index contributed by atoms with van der Waals surface area (Å²) < 4.78 is 16.6. The van der Waals surface area contributed by atoms with E-state index in [0.29, 0.717) is 6.42 Å². The van der Waals surface area contributed by atoms with Crippen LogP contribution in [0.25, 0.3) is 0 Å². The number of hydrogen-bond donors (Lipinski definition) is 0. The van der Waals surface area contributed by atoms with E-state index in [1.54, 1.807) is 6.08 Å². The zero-order valence-electron chi connectivity index (χ0n) is 40.5. The van der Waals surface area contributed by atoms with E-state index in [1.807, 2.05) is 6.08 Å². The predicted molar refractivity (Wildman–Crippen MR) is 270 cm³/mol. The van der Waals surface area contributed by atoms with Crippen molar-refractivity contribution in [1.29, 1.82) is 0 Å². The maximum absolute atomic E-state index is 12.8. The van der Waals surface area contributed by atoms with Crippen molar-refractivity contribution in [3.63, 3.8) is 0 Å². The van der Waals surface area contributed by atoms with Gasteiger partial charge in [-0.2, -0.15) is 0 Å². The zero-order chi connectivity index (χ0) is 45.8. The third-order valence-corrected chi connectivity index (χ3v) is 10.4. The number of unbranched alkanes of at least 4 members (excludes halogenated alkanes) is 20. The van der Waals surface area contributed by atoms with E-state index in [1.165, 1.54) is 70.6 Å². The van der Waals surface area contributed by atoms with Crippen molar-refractivity contribution in [2.75, 3.05) is 13.2 Å². The first-order valence-corrected chi connectivity index (χ1v) is 25.5. The van der Waals surface area contributed by atoms with Crippen LogP contribution in [0.5, 0.6) is 0 Å². The van der Waals surface area contributed by atoms with Crippen molar-refractivity contribution < 1.29 is 28.6 Å². The average molecular weight is 873 g/mol. The standard InChI is InChI=1S/C57H92O6/c1-4-7-10-13-16-19-21-23-25-27-29-31-33-35-38-41-44-47-50-56(59)62-53-54(52-61-55(58)49-46-43-40-37-18-15-12-9-6-3)63-57(60)51-48-45-42-39-36-34-32-30-28-26-24-22-20-17-14-11-8-5-2/h9,12,16,18-19,21,23,25-32,37,43,46,54H,4-8,10-11,13-15,17,20,22,24,33-36,38-42,44-45,47-53H2,1-3H3/b12-9-,19-16-,23-21-,27-25-,28-26-,31-29-,32-30-,37-18-,46-43-. The maximum atomic E-state index is 12.8. The van der Waals surface area contributed by atoms with Crippen LogP contribution >= 0.6 is 0 Å². The van der Waals surface area contributed by atoms with Crippen LogP contribution < -0.4 is 0 Å². The van der Waals surface area contributed by atoms with Crippen molar-refractivity contribution in [3.05, 3.63) is 109 Å². The summed E-state index contributed by atoms with van der Waals surface area (Å²) in [6.45, 7) is 6.33. The quantitative estimate of drug-likeness (QED) is 0.0199. The second-order valence-electron chi connectivity index (χ2n) is 16.5. The smallest absolute Gasteiger partial charge is 0.309 e. The zero-order valence-corrected chi connectivity index (χ0v) is 40.5. The van der Waals surface area contributed by atoms with Gasteiger partial charge in [0.15, 0.2) is 6.10 Å². The Hall–Kier alpha value is -3.93. The molecule has 0 aliphatic heterocycles. The van der Waals surface area contributed by atoms with Gasteiger partial charge < -0.3 is 14.2 Å². The molecule has 0 radical (unpaired) electrons. The van der Waals surface area contributed by atoms with Crippen LogP contribution in [-0.2, 0) is 28.6 Å². The molecule has 0 saturated heterocycles. The third kappa shape index (κ3) is 49.0. The molecule has 0 aliphatic carbocycles. The SMILES string of the molecule is CC/C=C\C/C=C\C/C=C\CC(=O)OCC(COC(=O)CCCCCCC\C=C/C=C\C=C/C=C\CCCCC)OC(=O)CCCCCCC/C=C\C=C/CCCCCCCCC. The van der Waals surface area contributed by atoms with E-state index in [-0.39, 0.29) is 38.0 Å². The molecule has 0 aromatic rings. The van der Waals surface area contributed by atoms with Crippen LogP contribution in [-0.4, -0.2) is 37.2 Å². The Morgan fingerprint density at radius 3 is 1.24 bits per heavy atom. The molecular formula is C57H92O6. The van der Waals surface area contributed by atoms with Gasteiger partial charge in [0.1, 0.15) is 13.2 Å². The van der Waals surface area contributed by atoms with Crippen LogP contribution in [0.4, 0.5) is 0 Å². The molecule has 0 heterocycles. The lowest BCUT2D eigenvalue weighted by Crippen LogP contribution is -2.30. The Balaban J connectivity index is 4.47. The molecule has 1 atom stereocenters. The number of carbonyl (C=O) groups is 3. The van der Waals surface area contributed by atoms with Crippen LogP contribution in [0.2, 0.25) is 0 Å². The molecule has 0 spiro atoms. The highest BCUT2D eigenvalue weighted by Crippen LogP contribution is 2.12.